The smallest absolute Gasteiger partial charge is 0.303 e. The van der Waals surface area contributed by atoms with Crippen molar-refractivity contribution in [3.8, 4) is 0 Å². The molecule has 1 rings (SSSR count). The van der Waals surface area contributed by atoms with Gasteiger partial charge in [0.15, 0.2) is 0 Å². The quantitative estimate of drug-likeness (QED) is 0.797. The largest absolute Gasteiger partial charge is 0.481 e. The number of carboxylic acids is 1. The van der Waals surface area contributed by atoms with Gasteiger partial charge in [-0.15, -0.1) is 0 Å². The van der Waals surface area contributed by atoms with Crippen molar-refractivity contribution >= 4 is 5.97 Å². The molecule has 0 fully saturated rings. The minimum absolute atomic E-state index is 0.0802. The fourth-order valence-electron chi connectivity index (χ4n) is 2.24. The Bertz CT molecular complexity index is 388. The number of hydrogen-bond donors (Lipinski definition) is 2. The summed E-state index contributed by atoms with van der Waals surface area (Å²) in [6, 6.07) is 6.11. The summed E-state index contributed by atoms with van der Waals surface area (Å²) in [5.74, 6) is -0.663. The van der Waals surface area contributed by atoms with Crippen molar-refractivity contribution in [2.24, 2.45) is 5.73 Å². The Morgan fingerprint density at radius 3 is 2.71 bits per heavy atom. The first-order valence-corrected chi connectivity index (χ1v) is 6.09. The number of benzene rings is 1. The highest BCUT2D eigenvalue weighted by molar-refractivity contribution is 5.68. The van der Waals surface area contributed by atoms with E-state index in [4.69, 9.17) is 10.8 Å². The first-order chi connectivity index (χ1) is 8.08. The minimum Gasteiger partial charge on any atom is -0.481 e. The second-order valence-corrected chi connectivity index (χ2v) is 4.49. The number of nitrogens with two attached hydrogens (primary N) is 1. The van der Waals surface area contributed by atoms with Gasteiger partial charge in [-0.2, -0.15) is 0 Å². The lowest BCUT2D eigenvalue weighted by Crippen LogP contribution is -2.11. The third-order valence-electron chi connectivity index (χ3n) is 3.02. The molecule has 17 heavy (non-hydrogen) atoms. The lowest BCUT2D eigenvalue weighted by Gasteiger charge is -2.18. The molecule has 3 heteroatoms. The fourth-order valence-corrected chi connectivity index (χ4v) is 2.24. The molecule has 0 saturated carbocycles. The Kier molecular flexibility index (Phi) is 5.16. The van der Waals surface area contributed by atoms with Gasteiger partial charge in [-0.25, -0.2) is 0 Å². The van der Waals surface area contributed by atoms with E-state index in [1.165, 1.54) is 5.56 Å². The van der Waals surface area contributed by atoms with Gasteiger partial charge in [0.2, 0.25) is 0 Å². The van der Waals surface area contributed by atoms with E-state index in [1.807, 2.05) is 19.1 Å². The standard InChI is InChI=1S/C14H21NO2/c1-3-4-11(8-14(16)17)13-6-5-10(2)7-12(13)9-15/h5-7,11H,3-4,8-9,15H2,1-2H3,(H,16,17). The zero-order chi connectivity index (χ0) is 12.8. The van der Waals surface area contributed by atoms with E-state index in [9.17, 15) is 4.79 Å². The van der Waals surface area contributed by atoms with Crippen LogP contribution >= 0.6 is 0 Å². The van der Waals surface area contributed by atoms with Crippen molar-refractivity contribution in [3.63, 3.8) is 0 Å². The molecule has 0 spiro atoms. The fraction of sp³-hybridized carbons (Fsp3) is 0.500. The summed E-state index contributed by atoms with van der Waals surface area (Å²) in [5.41, 5.74) is 9.08. The van der Waals surface area contributed by atoms with Gasteiger partial charge in [0, 0.05) is 6.54 Å². The van der Waals surface area contributed by atoms with E-state index in [-0.39, 0.29) is 12.3 Å². The Balaban J connectivity index is 3.03. The first kappa shape index (κ1) is 13.7. The maximum Gasteiger partial charge on any atom is 0.303 e. The molecule has 1 atom stereocenters. The summed E-state index contributed by atoms with van der Waals surface area (Å²) in [6.45, 7) is 4.57. The van der Waals surface area contributed by atoms with Gasteiger partial charge >= 0.3 is 5.97 Å². The molecular formula is C14H21NO2. The molecule has 0 aromatic heterocycles. The van der Waals surface area contributed by atoms with Crippen molar-refractivity contribution in [2.75, 3.05) is 0 Å². The molecule has 0 amide bonds. The Labute approximate surface area is 103 Å². The van der Waals surface area contributed by atoms with E-state index in [2.05, 4.69) is 13.0 Å². The molecule has 0 aliphatic rings. The SMILES string of the molecule is CCCC(CC(=O)O)c1ccc(C)cc1CN. The highest BCUT2D eigenvalue weighted by atomic mass is 16.4. The van der Waals surface area contributed by atoms with Crippen molar-refractivity contribution in [2.45, 2.75) is 45.6 Å². The van der Waals surface area contributed by atoms with E-state index < -0.39 is 5.97 Å². The second kappa shape index (κ2) is 6.40. The van der Waals surface area contributed by atoms with Crippen LogP contribution in [0.5, 0.6) is 0 Å². The van der Waals surface area contributed by atoms with Crippen molar-refractivity contribution < 1.29 is 9.90 Å². The molecule has 0 aliphatic heterocycles. The molecule has 0 radical (unpaired) electrons. The molecular weight excluding hydrogens is 214 g/mol. The summed E-state index contributed by atoms with van der Waals surface area (Å²) in [5, 5.41) is 8.96. The van der Waals surface area contributed by atoms with Gasteiger partial charge in [0.1, 0.15) is 0 Å². The van der Waals surface area contributed by atoms with E-state index in [1.54, 1.807) is 0 Å². The lowest BCUT2D eigenvalue weighted by atomic mass is 9.87. The third-order valence-corrected chi connectivity index (χ3v) is 3.02. The molecule has 94 valence electrons. The molecule has 3 N–H and O–H groups in total. The van der Waals surface area contributed by atoms with Crippen LogP contribution in [0.2, 0.25) is 0 Å². The summed E-state index contributed by atoms with van der Waals surface area (Å²) < 4.78 is 0. The number of aliphatic carboxylic acids is 1. The van der Waals surface area contributed by atoms with Crippen LogP contribution < -0.4 is 5.73 Å². The summed E-state index contributed by atoms with van der Waals surface area (Å²) in [6.07, 6.45) is 2.06. The van der Waals surface area contributed by atoms with Crippen LogP contribution in [-0.2, 0) is 11.3 Å². The molecule has 1 unspecified atom stereocenters. The molecule has 1 aromatic carbocycles. The van der Waals surface area contributed by atoms with E-state index >= 15 is 0 Å². The topological polar surface area (TPSA) is 63.3 Å². The Morgan fingerprint density at radius 1 is 1.47 bits per heavy atom. The number of hydrogen-bond acceptors (Lipinski definition) is 2. The highest BCUT2D eigenvalue weighted by Gasteiger charge is 2.17. The van der Waals surface area contributed by atoms with E-state index in [0.29, 0.717) is 6.54 Å². The lowest BCUT2D eigenvalue weighted by molar-refractivity contribution is -0.137. The average Bonchev–Trinajstić information content (AvgIpc) is 2.27. The zero-order valence-corrected chi connectivity index (χ0v) is 10.6. The molecule has 1 aromatic rings. The third kappa shape index (κ3) is 3.86. The number of carboxylic acid groups (broad SMARTS) is 1. The summed E-state index contributed by atoms with van der Waals surface area (Å²) in [7, 11) is 0. The first-order valence-electron chi connectivity index (χ1n) is 6.09. The second-order valence-electron chi connectivity index (χ2n) is 4.49. The van der Waals surface area contributed by atoms with Crippen LogP contribution in [-0.4, -0.2) is 11.1 Å². The van der Waals surface area contributed by atoms with Gasteiger partial charge in [0.25, 0.3) is 0 Å². The van der Waals surface area contributed by atoms with Gasteiger partial charge in [-0.1, -0.05) is 37.1 Å². The van der Waals surface area contributed by atoms with Crippen LogP contribution in [0.4, 0.5) is 0 Å². The normalized spacial score (nSPS) is 12.4. The van der Waals surface area contributed by atoms with Crippen molar-refractivity contribution in [3.05, 3.63) is 34.9 Å². The molecule has 0 saturated heterocycles. The summed E-state index contributed by atoms with van der Waals surface area (Å²) in [4.78, 5) is 10.9. The number of rotatable bonds is 6. The number of carbonyl (C=O) groups is 1. The maximum absolute atomic E-state index is 10.9. The van der Waals surface area contributed by atoms with Crippen molar-refractivity contribution in [1.82, 2.24) is 0 Å². The van der Waals surface area contributed by atoms with Crippen molar-refractivity contribution in [1.29, 1.82) is 0 Å². The monoisotopic (exact) mass is 235 g/mol. The van der Waals surface area contributed by atoms with E-state index in [0.717, 1.165) is 24.0 Å². The average molecular weight is 235 g/mol. The van der Waals surface area contributed by atoms with Gasteiger partial charge in [0.05, 0.1) is 6.42 Å². The van der Waals surface area contributed by atoms with Gasteiger partial charge in [-0.05, 0) is 30.4 Å². The van der Waals surface area contributed by atoms with Crippen LogP contribution in [0, 0.1) is 6.92 Å². The number of aryl methyl sites for hydroxylation is 1. The zero-order valence-electron chi connectivity index (χ0n) is 10.6. The Morgan fingerprint density at radius 2 is 2.18 bits per heavy atom. The van der Waals surface area contributed by atoms with Crippen LogP contribution in [0.25, 0.3) is 0 Å². The molecule has 0 bridgehead atoms. The molecule has 0 heterocycles. The van der Waals surface area contributed by atoms with Crippen LogP contribution in [0.1, 0.15) is 48.8 Å². The summed E-state index contributed by atoms with van der Waals surface area (Å²) >= 11 is 0. The predicted molar refractivity (Wildman–Crippen MR) is 69.0 cm³/mol. The van der Waals surface area contributed by atoms with Gasteiger partial charge < -0.3 is 10.8 Å². The molecule has 3 nitrogen and oxygen atoms in total. The van der Waals surface area contributed by atoms with Crippen LogP contribution in [0.15, 0.2) is 18.2 Å². The minimum atomic E-state index is -0.744. The highest BCUT2D eigenvalue weighted by Crippen LogP contribution is 2.28. The predicted octanol–water partition coefficient (Wildman–Crippen LogP) is 2.81. The van der Waals surface area contributed by atoms with Crippen LogP contribution in [0.3, 0.4) is 0 Å². The maximum atomic E-state index is 10.9. The molecule has 0 aliphatic carbocycles. The van der Waals surface area contributed by atoms with Gasteiger partial charge in [-0.3, -0.25) is 4.79 Å². The Hall–Kier alpha value is -1.35.